The van der Waals surface area contributed by atoms with Crippen molar-refractivity contribution in [2.45, 2.75) is 97.3 Å². The third-order valence-corrected chi connectivity index (χ3v) is 5.05. The smallest absolute Gasteiger partial charge is 0.143 e. The Hall–Kier alpha value is -1.37. The molecule has 0 N–H and O–H groups in total. The van der Waals surface area contributed by atoms with Gasteiger partial charge in [-0.1, -0.05) is 102 Å². The first-order valence-electron chi connectivity index (χ1n) is 10.5. The van der Waals surface area contributed by atoms with Gasteiger partial charge in [-0.05, 0) is 42.5 Å². The maximum Gasteiger partial charge on any atom is 0.143 e. The van der Waals surface area contributed by atoms with Crippen molar-refractivity contribution < 1.29 is 4.79 Å². The third-order valence-electron chi connectivity index (χ3n) is 5.05. The minimum Gasteiger partial charge on any atom is -0.299 e. The van der Waals surface area contributed by atoms with Crippen molar-refractivity contribution in [2.24, 2.45) is 0 Å². The molecule has 0 fully saturated rings. The Morgan fingerprint density at radius 1 is 0.760 bits per heavy atom. The highest BCUT2D eigenvalue weighted by molar-refractivity contribution is 5.80. The first-order valence-corrected chi connectivity index (χ1v) is 10.5. The Bertz CT molecular complexity index is 469. The summed E-state index contributed by atoms with van der Waals surface area (Å²) in [6, 6.07) is 8.67. The summed E-state index contributed by atoms with van der Waals surface area (Å²) < 4.78 is 0. The van der Waals surface area contributed by atoms with Gasteiger partial charge in [0.15, 0.2) is 0 Å². The Morgan fingerprint density at radius 3 is 1.72 bits per heavy atom. The number of carbonyl (C=O) groups excluding carboxylic acids is 1. The van der Waals surface area contributed by atoms with Crippen LogP contribution in [0.4, 0.5) is 0 Å². The van der Waals surface area contributed by atoms with E-state index in [0.29, 0.717) is 0 Å². The van der Waals surface area contributed by atoms with Crippen LogP contribution >= 0.6 is 0 Å². The van der Waals surface area contributed by atoms with E-state index < -0.39 is 0 Å². The fraction of sp³-hybridized carbons (Fsp3) is 0.625. The Balaban J connectivity index is 1.99. The highest BCUT2D eigenvalue weighted by atomic mass is 16.1. The highest BCUT2D eigenvalue weighted by Gasteiger charge is 1.98. The standard InChI is InChI=1S/C24H38O/c1-3-4-5-6-7-8-9-10-11-12-13-14-15-23-16-18-24(19-17-23)22(2)20-21-25/h16-21H,3-15H2,1-2H3. The molecule has 25 heavy (non-hydrogen) atoms. The van der Waals surface area contributed by atoms with Crippen LogP contribution in [0, 0.1) is 0 Å². The van der Waals surface area contributed by atoms with Gasteiger partial charge in [-0.2, -0.15) is 0 Å². The number of carbonyl (C=O) groups is 1. The van der Waals surface area contributed by atoms with E-state index in [0.717, 1.165) is 17.4 Å². The van der Waals surface area contributed by atoms with Gasteiger partial charge in [0.05, 0.1) is 0 Å². The summed E-state index contributed by atoms with van der Waals surface area (Å²) in [6.45, 7) is 4.26. The molecule has 140 valence electrons. The van der Waals surface area contributed by atoms with Gasteiger partial charge in [-0.3, -0.25) is 4.79 Å². The van der Waals surface area contributed by atoms with Crippen LogP contribution in [0.15, 0.2) is 30.3 Å². The number of aldehydes is 1. The molecule has 1 aromatic carbocycles. The minimum atomic E-state index is 0.857. The van der Waals surface area contributed by atoms with E-state index in [2.05, 4.69) is 31.2 Å². The molecule has 0 aliphatic heterocycles. The lowest BCUT2D eigenvalue weighted by Crippen LogP contribution is -1.88. The predicted molar refractivity (Wildman–Crippen MR) is 111 cm³/mol. The topological polar surface area (TPSA) is 17.1 Å². The average molecular weight is 343 g/mol. The van der Waals surface area contributed by atoms with Gasteiger partial charge in [-0.25, -0.2) is 0 Å². The molecule has 1 aromatic rings. The molecule has 0 aromatic heterocycles. The van der Waals surface area contributed by atoms with Crippen LogP contribution in [0.5, 0.6) is 0 Å². The Morgan fingerprint density at radius 2 is 1.24 bits per heavy atom. The van der Waals surface area contributed by atoms with Crippen molar-refractivity contribution in [1.29, 1.82) is 0 Å². The van der Waals surface area contributed by atoms with Gasteiger partial charge in [0.2, 0.25) is 0 Å². The first-order chi connectivity index (χ1) is 12.3. The molecule has 0 saturated heterocycles. The molecular weight excluding hydrogens is 304 g/mol. The molecule has 0 atom stereocenters. The van der Waals surface area contributed by atoms with Crippen molar-refractivity contribution in [3.05, 3.63) is 41.5 Å². The molecule has 1 rings (SSSR count). The van der Waals surface area contributed by atoms with Crippen molar-refractivity contribution in [3.63, 3.8) is 0 Å². The van der Waals surface area contributed by atoms with E-state index in [1.165, 1.54) is 89.0 Å². The molecule has 0 unspecified atom stereocenters. The second-order valence-corrected chi connectivity index (χ2v) is 7.32. The van der Waals surface area contributed by atoms with E-state index in [1.54, 1.807) is 6.08 Å². The van der Waals surface area contributed by atoms with Crippen molar-refractivity contribution in [2.75, 3.05) is 0 Å². The van der Waals surface area contributed by atoms with Crippen molar-refractivity contribution in [1.82, 2.24) is 0 Å². The number of hydrogen-bond acceptors (Lipinski definition) is 1. The molecule has 0 amide bonds. The van der Waals surface area contributed by atoms with E-state index in [4.69, 9.17) is 0 Å². The Labute approximate surface area is 155 Å². The second kappa shape index (κ2) is 14.9. The normalized spacial score (nSPS) is 11.7. The van der Waals surface area contributed by atoms with Crippen molar-refractivity contribution in [3.8, 4) is 0 Å². The maximum absolute atomic E-state index is 10.5. The van der Waals surface area contributed by atoms with E-state index >= 15 is 0 Å². The second-order valence-electron chi connectivity index (χ2n) is 7.32. The summed E-state index contributed by atoms with van der Waals surface area (Å²) >= 11 is 0. The average Bonchev–Trinajstić information content (AvgIpc) is 2.63. The van der Waals surface area contributed by atoms with Crippen LogP contribution in [-0.2, 0) is 11.2 Å². The van der Waals surface area contributed by atoms with Crippen LogP contribution in [-0.4, -0.2) is 6.29 Å². The monoisotopic (exact) mass is 342 g/mol. The number of allylic oxidation sites excluding steroid dienone is 2. The number of aryl methyl sites for hydroxylation is 1. The van der Waals surface area contributed by atoms with Crippen LogP contribution in [0.1, 0.15) is 102 Å². The highest BCUT2D eigenvalue weighted by Crippen LogP contribution is 2.16. The van der Waals surface area contributed by atoms with Gasteiger partial charge in [-0.15, -0.1) is 0 Å². The molecule has 0 heterocycles. The predicted octanol–water partition coefficient (Wildman–Crippen LogP) is 7.53. The lowest BCUT2D eigenvalue weighted by atomic mass is 10.0. The van der Waals surface area contributed by atoms with Crippen LogP contribution in [0.2, 0.25) is 0 Å². The quantitative estimate of drug-likeness (QED) is 0.183. The summed E-state index contributed by atoms with van der Waals surface area (Å²) in [6.07, 6.45) is 20.5. The summed E-state index contributed by atoms with van der Waals surface area (Å²) in [5, 5.41) is 0. The summed E-state index contributed by atoms with van der Waals surface area (Å²) in [5.74, 6) is 0. The van der Waals surface area contributed by atoms with Gasteiger partial charge in [0.25, 0.3) is 0 Å². The molecule has 0 saturated carbocycles. The summed E-state index contributed by atoms with van der Waals surface area (Å²) in [7, 11) is 0. The largest absolute Gasteiger partial charge is 0.299 e. The number of benzene rings is 1. The fourth-order valence-corrected chi connectivity index (χ4v) is 3.30. The fourth-order valence-electron chi connectivity index (χ4n) is 3.30. The summed E-state index contributed by atoms with van der Waals surface area (Å²) in [4.78, 5) is 10.5. The molecule has 1 nitrogen and oxygen atoms in total. The van der Waals surface area contributed by atoms with E-state index in [9.17, 15) is 4.79 Å². The van der Waals surface area contributed by atoms with Gasteiger partial charge < -0.3 is 0 Å². The van der Waals surface area contributed by atoms with Crippen molar-refractivity contribution >= 4 is 11.9 Å². The molecule has 0 spiro atoms. The maximum atomic E-state index is 10.5. The zero-order chi connectivity index (χ0) is 18.2. The molecule has 1 heteroatoms. The lowest BCUT2D eigenvalue weighted by molar-refractivity contribution is -0.104. The third kappa shape index (κ3) is 11.0. The molecule has 0 radical (unpaired) electrons. The molecule has 0 bridgehead atoms. The van der Waals surface area contributed by atoms with Gasteiger partial charge >= 0.3 is 0 Å². The van der Waals surface area contributed by atoms with Gasteiger partial charge in [0, 0.05) is 0 Å². The van der Waals surface area contributed by atoms with Gasteiger partial charge in [0.1, 0.15) is 6.29 Å². The number of hydrogen-bond donors (Lipinski definition) is 0. The van der Waals surface area contributed by atoms with Crippen LogP contribution < -0.4 is 0 Å². The van der Waals surface area contributed by atoms with E-state index in [1.807, 2.05) is 6.92 Å². The number of rotatable bonds is 15. The zero-order valence-electron chi connectivity index (χ0n) is 16.6. The zero-order valence-corrected chi connectivity index (χ0v) is 16.6. The molecular formula is C24H38O. The SMILES string of the molecule is CCCCCCCCCCCCCCc1ccc(C(C)=CC=O)cc1. The summed E-state index contributed by atoms with van der Waals surface area (Å²) in [5.41, 5.74) is 3.59. The molecule has 0 aliphatic rings. The van der Waals surface area contributed by atoms with Crippen LogP contribution in [0.3, 0.4) is 0 Å². The Kier molecular flexibility index (Phi) is 12.9. The lowest BCUT2D eigenvalue weighted by Gasteiger charge is -2.05. The minimum absolute atomic E-state index is 0.857. The van der Waals surface area contributed by atoms with Crippen LogP contribution in [0.25, 0.3) is 5.57 Å². The molecule has 0 aliphatic carbocycles. The first kappa shape index (κ1) is 21.7. The number of unbranched alkanes of at least 4 members (excludes halogenated alkanes) is 11. The van der Waals surface area contributed by atoms with E-state index in [-0.39, 0.29) is 0 Å².